The van der Waals surface area contributed by atoms with Crippen molar-refractivity contribution >= 4 is 0 Å². The molecule has 2 N–H and O–H groups in total. The van der Waals surface area contributed by atoms with Gasteiger partial charge in [0.05, 0.1) is 6.10 Å². The van der Waals surface area contributed by atoms with Gasteiger partial charge in [-0.25, -0.2) is 0 Å². The van der Waals surface area contributed by atoms with E-state index in [1.807, 2.05) is 14.0 Å². The molecule has 0 aliphatic heterocycles. The van der Waals surface area contributed by atoms with Gasteiger partial charge in [0.1, 0.15) is 0 Å². The lowest BCUT2D eigenvalue weighted by Crippen LogP contribution is -2.36. The molecule has 0 rings (SSSR count). The number of hydrogen-bond acceptors (Lipinski definition) is 2. The fourth-order valence-corrected chi connectivity index (χ4v) is 0.953. The smallest absolute Gasteiger partial charge is 0.0690 e. The van der Waals surface area contributed by atoms with Crippen LogP contribution in [0.3, 0.4) is 0 Å². The second-order valence-corrected chi connectivity index (χ2v) is 2.28. The zero-order chi connectivity index (χ0) is 7.28. The normalized spacial score (nSPS) is 17.3. The molecule has 0 spiro atoms. The van der Waals surface area contributed by atoms with Gasteiger partial charge in [-0.05, 0) is 19.9 Å². The molecular formula is C7H17NO. The van der Waals surface area contributed by atoms with Crippen LogP contribution in [0.5, 0.6) is 0 Å². The molecular weight excluding hydrogens is 114 g/mol. The number of rotatable bonds is 4. The summed E-state index contributed by atoms with van der Waals surface area (Å²) in [5.41, 5.74) is 0. The maximum Gasteiger partial charge on any atom is 0.0690 e. The van der Waals surface area contributed by atoms with Crippen molar-refractivity contribution in [2.45, 2.75) is 38.8 Å². The zero-order valence-electron chi connectivity index (χ0n) is 6.52. The van der Waals surface area contributed by atoms with Crippen LogP contribution in [0.15, 0.2) is 0 Å². The highest BCUT2D eigenvalue weighted by molar-refractivity contribution is 4.70. The molecule has 0 aromatic carbocycles. The number of hydrogen-bond donors (Lipinski definition) is 2. The molecule has 2 nitrogen and oxygen atoms in total. The van der Waals surface area contributed by atoms with E-state index < -0.39 is 0 Å². The highest BCUT2D eigenvalue weighted by atomic mass is 16.3. The lowest BCUT2D eigenvalue weighted by atomic mass is 10.1. The van der Waals surface area contributed by atoms with E-state index in [1.54, 1.807) is 0 Å². The third-order valence-electron chi connectivity index (χ3n) is 1.69. The molecule has 0 amide bonds. The zero-order valence-corrected chi connectivity index (χ0v) is 6.52. The lowest BCUT2D eigenvalue weighted by Gasteiger charge is -2.18. The van der Waals surface area contributed by atoms with Gasteiger partial charge < -0.3 is 10.4 Å². The van der Waals surface area contributed by atoms with Crippen LogP contribution in [0, 0.1) is 0 Å². The van der Waals surface area contributed by atoms with Crippen LogP contribution < -0.4 is 5.32 Å². The van der Waals surface area contributed by atoms with Crippen LogP contribution in [0.1, 0.15) is 26.7 Å². The van der Waals surface area contributed by atoms with Crippen LogP contribution in [0.2, 0.25) is 0 Å². The van der Waals surface area contributed by atoms with Crippen molar-refractivity contribution in [2.24, 2.45) is 0 Å². The molecule has 0 fully saturated rings. The third kappa shape index (κ3) is 2.82. The summed E-state index contributed by atoms with van der Waals surface area (Å²) in [5, 5.41) is 12.3. The molecule has 0 aromatic rings. The van der Waals surface area contributed by atoms with Crippen LogP contribution in [-0.2, 0) is 0 Å². The first-order valence-corrected chi connectivity index (χ1v) is 3.61. The SMILES string of the molecule is CC[C@@H](O)[C@H](CC)NC. The molecule has 0 aromatic heterocycles. The molecule has 0 saturated carbocycles. The van der Waals surface area contributed by atoms with E-state index in [0.29, 0.717) is 0 Å². The molecule has 2 heteroatoms. The summed E-state index contributed by atoms with van der Waals surface area (Å²) < 4.78 is 0. The second kappa shape index (κ2) is 4.77. The van der Waals surface area contributed by atoms with Crippen LogP contribution in [-0.4, -0.2) is 24.3 Å². The monoisotopic (exact) mass is 131 g/mol. The molecule has 56 valence electrons. The quantitative estimate of drug-likeness (QED) is 0.590. The number of likely N-dealkylation sites (N-methyl/N-ethyl adjacent to an activating group) is 1. The van der Waals surface area contributed by atoms with Gasteiger partial charge in [-0.1, -0.05) is 13.8 Å². The van der Waals surface area contributed by atoms with Crippen molar-refractivity contribution in [1.82, 2.24) is 5.32 Å². The number of aliphatic hydroxyl groups is 1. The minimum Gasteiger partial charge on any atom is -0.392 e. The Bertz CT molecular complexity index is 61.9. The highest BCUT2D eigenvalue weighted by Crippen LogP contribution is 2.00. The first-order chi connectivity index (χ1) is 4.26. The van der Waals surface area contributed by atoms with E-state index in [2.05, 4.69) is 12.2 Å². The second-order valence-electron chi connectivity index (χ2n) is 2.28. The Morgan fingerprint density at radius 3 is 2.00 bits per heavy atom. The van der Waals surface area contributed by atoms with E-state index in [4.69, 9.17) is 0 Å². The predicted molar refractivity (Wildman–Crippen MR) is 39.4 cm³/mol. The van der Waals surface area contributed by atoms with E-state index in [-0.39, 0.29) is 12.1 Å². The Kier molecular flexibility index (Phi) is 4.72. The van der Waals surface area contributed by atoms with Gasteiger partial charge in [-0.2, -0.15) is 0 Å². The number of aliphatic hydroxyl groups excluding tert-OH is 1. The van der Waals surface area contributed by atoms with Gasteiger partial charge in [-0.3, -0.25) is 0 Å². The minimum absolute atomic E-state index is 0.181. The maximum absolute atomic E-state index is 9.26. The summed E-state index contributed by atoms with van der Waals surface area (Å²) in [5.74, 6) is 0. The van der Waals surface area contributed by atoms with Crippen molar-refractivity contribution in [3.8, 4) is 0 Å². The van der Waals surface area contributed by atoms with Crippen molar-refractivity contribution in [3.05, 3.63) is 0 Å². The lowest BCUT2D eigenvalue weighted by molar-refractivity contribution is 0.125. The molecule has 0 bridgehead atoms. The van der Waals surface area contributed by atoms with Gasteiger partial charge in [0, 0.05) is 6.04 Å². The summed E-state index contributed by atoms with van der Waals surface area (Å²) in [4.78, 5) is 0. The summed E-state index contributed by atoms with van der Waals surface area (Å²) in [6.45, 7) is 4.06. The highest BCUT2D eigenvalue weighted by Gasteiger charge is 2.11. The Hall–Kier alpha value is -0.0800. The Morgan fingerprint density at radius 2 is 1.89 bits per heavy atom. The van der Waals surface area contributed by atoms with Crippen molar-refractivity contribution in [2.75, 3.05) is 7.05 Å². The van der Waals surface area contributed by atoms with Crippen molar-refractivity contribution in [3.63, 3.8) is 0 Å². The largest absolute Gasteiger partial charge is 0.392 e. The van der Waals surface area contributed by atoms with Gasteiger partial charge >= 0.3 is 0 Å². The van der Waals surface area contributed by atoms with Crippen LogP contribution in [0.4, 0.5) is 0 Å². The van der Waals surface area contributed by atoms with Crippen LogP contribution >= 0.6 is 0 Å². The van der Waals surface area contributed by atoms with E-state index in [9.17, 15) is 5.11 Å². The maximum atomic E-state index is 9.26. The Labute approximate surface area is 57.3 Å². The predicted octanol–water partition coefficient (Wildman–Crippen LogP) is 0.755. The topological polar surface area (TPSA) is 32.3 Å². The van der Waals surface area contributed by atoms with Crippen LogP contribution in [0.25, 0.3) is 0 Å². The fourth-order valence-electron chi connectivity index (χ4n) is 0.953. The molecule has 2 atom stereocenters. The molecule has 0 aliphatic carbocycles. The molecule has 0 unspecified atom stereocenters. The average molecular weight is 131 g/mol. The van der Waals surface area contributed by atoms with Gasteiger partial charge in [-0.15, -0.1) is 0 Å². The van der Waals surface area contributed by atoms with Gasteiger partial charge in [0.15, 0.2) is 0 Å². The molecule has 0 heterocycles. The minimum atomic E-state index is -0.181. The van der Waals surface area contributed by atoms with Gasteiger partial charge in [0.2, 0.25) is 0 Å². The summed E-state index contributed by atoms with van der Waals surface area (Å²) in [6.07, 6.45) is 1.64. The van der Waals surface area contributed by atoms with Crippen molar-refractivity contribution < 1.29 is 5.11 Å². The van der Waals surface area contributed by atoms with E-state index in [1.165, 1.54) is 0 Å². The summed E-state index contributed by atoms with van der Waals surface area (Å²) >= 11 is 0. The molecule has 0 radical (unpaired) electrons. The van der Waals surface area contributed by atoms with E-state index in [0.717, 1.165) is 12.8 Å². The first-order valence-electron chi connectivity index (χ1n) is 3.61. The molecule has 9 heavy (non-hydrogen) atoms. The standard InChI is InChI=1S/C7H17NO/c1-4-6(8-3)7(9)5-2/h6-9H,4-5H2,1-3H3/t6-,7+/m0/s1. The molecule has 0 aliphatic rings. The average Bonchev–Trinajstić information content (AvgIpc) is 1.90. The molecule has 0 saturated heterocycles. The first kappa shape index (κ1) is 8.92. The van der Waals surface area contributed by atoms with Gasteiger partial charge in [0.25, 0.3) is 0 Å². The fraction of sp³-hybridized carbons (Fsp3) is 1.00. The van der Waals surface area contributed by atoms with Crippen molar-refractivity contribution in [1.29, 1.82) is 0 Å². The third-order valence-corrected chi connectivity index (χ3v) is 1.69. The van der Waals surface area contributed by atoms with E-state index >= 15 is 0 Å². The number of nitrogens with one attached hydrogen (secondary N) is 1. The summed E-state index contributed by atoms with van der Waals surface area (Å²) in [6, 6.07) is 0.273. The summed E-state index contributed by atoms with van der Waals surface area (Å²) in [7, 11) is 1.88. The Morgan fingerprint density at radius 1 is 1.33 bits per heavy atom. The Balaban J connectivity index is 3.50.